The molecular formula is C19H25N3O3. The molecule has 1 saturated carbocycles. The van der Waals surface area contributed by atoms with Gasteiger partial charge < -0.3 is 15.1 Å². The smallest absolute Gasteiger partial charge is 0.224 e. The van der Waals surface area contributed by atoms with Crippen LogP contribution >= 0.6 is 0 Å². The molecule has 2 fully saturated rings. The maximum atomic E-state index is 12.2. The second-order valence-electron chi connectivity index (χ2n) is 6.79. The highest BCUT2D eigenvalue weighted by atomic mass is 16.2. The first-order chi connectivity index (χ1) is 12.1. The average molecular weight is 343 g/mol. The van der Waals surface area contributed by atoms with Gasteiger partial charge in [-0.1, -0.05) is 30.3 Å². The molecule has 1 saturated heterocycles. The predicted molar refractivity (Wildman–Crippen MR) is 93.8 cm³/mol. The van der Waals surface area contributed by atoms with Crippen LogP contribution < -0.4 is 5.32 Å². The normalized spacial score (nSPS) is 22.4. The van der Waals surface area contributed by atoms with E-state index in [1.807, 2.05) is 18.2 Å². The lowest BCUT2D eigenvalue weighted by molar-refractivity contribution is -0.138. The van der Waals surface area contributed by atoms with Crippen LogP contribution in [0.2, 0.25) is 0 Å². The molecule has 0 spiro atoms. The van der Waals surface area contributed by atoms with E-state index in [-0.39, 0.29) is 23.6 Å². The number of rotatable bonds is 5. The summed E-state index contributed by atoms with van der Waals surface area (Å²) < 4.78 is 0. The Hall–Kier alpha value is -2.37. The molecule has 0 unspecified atom stereocenters. The molecule has 3 amide bonds. The van der Waals surface area contributed by atoms with E-state index in [0.29, 0.717) is 45.1 Å². The molecule has 1 aliphatic heterocycles. The molecule has 3 rings (SSSR count). The molecule has 134 valence electrons. The number of nitrogens with zero attached hydrogens (tertiary/aromatic N) is 2. The van der Waals surface area contributed by atoms with Crippen LogP contribution in [-0.2, 0) is 14.4 Å². The summed E-state index contributed by atoms with van der Waals surface area (Å²) in [6.45, 7) is 4.26. The lowest BCUT2D eigenvalue weighted by Gasteiger charge is -2.34. The summed E-state index contributed by atoms with van der Waals surface area (Å²) in [7, 11) is 0. The molecule has 0 bridgehead atoms. The van der Waals surface area contributed by atoms with Crippen LogP contribution in [0.1, 0.15) is 31.2 Å². The Morgan fingerprint density at radius 2 is 1.68 bits per heavy atom. The van der Waals surface area contributed by atoms with E-state index < -0.39 is 0 Å². The minimum absolute atomic E-state index is 0.0385. The monoisotopic (exact) mass is 343 g/mol. The first kappa shape index (κ1) is 17.5. The van der Waals surface area contributed by atoms with Crippen molar-refractivity contribution in [1.82, 2.24) is 15.1 Å². The zero-order chi connectivity index (χ0) is 17.8. The Balaban J connectivity index is 1.35. The van der Waals surface area contributed by atoms with E-state index in [2.05, 4.69) is 17.4 Å². The van der Waals surface area contributed by atoms with Crippen LogP contribution in [0.3, 0.4) is 0 Å². The zero-order valence-electron chi connectivity index (χ0n) is 14.6. The summed E-state index contributed by atoms with van der Waals surface area (Å²) in [5.41, 5.74) is 1.21. The fourth-order valence-corrected chi connectivity index (χ4v) is 3.41. The molecule has 6 heteroatoms. The van der Waals surface area contributed by atoms with Crippen molar-refractivity contribution >= 4 is 17.7 Å². The molecule has 2 atom stereocenters. The molecule has 1 heterocycles. The van der Waals surface area contributed by atoms with Crippen LogP contribution in [0.25, 0.3) is 0 Å². The first-order valence-corrected chi connectivity index (χ1v) is 8.92. The van der Waals surface area contributed by atoms with E-state index in [1.165, 1.54) is 5.56 Å². The van der Waals surface area contributed by atoms with Crippen LogP contribution in [0.4, 0.5) is 0 Å². The predicted octanol–water partition coefficient (Wildman–Crippen LogP) is 0.987. The van der Waals surface area contributed by atoms with Gasteiger partial charge in [-0.3, -0.25) is 14.4 Å². The summed E-state index contributed by atoms with van der Waals surface area (Å²) >= 11 is 0. The number of amides is 3. The van der Waals surface area contributed by atoms with Crippen molar-refractivity contribution in [3.8, 4) is 0 Å². The van der Waals surface area contributed by atoms with Crippen LogP contribution in [0.15, 0.2) is 30.3 Å². The van der Waals surface area contributed by atoms with Crippen LogP contribution in [0, 0.1) is 5.92 Å². The number of carbonyl (C=O) groups is 3. The van der Waals surface area contributed by atoms with Gasteiger partial charge in [0.1, 0.15) is 0 Å². The molecule has 25 heavy (non-hydrogen) atoms. The van der Waals surface area contributed by atoms with Crippen LogP contribution in [-0.4, -0.2) is 60.2 Å². The summed E-state index contributed by atoms with van der Waals surface area (Å²) in [5, 5.41) is 2.89. The maximum absolute atomic E-state index is 12.2. The van der Waals surface area contributed by atoms with Crippen molar-refractivity contribution in [2.24, 2.45) is 5.92 Å². The number of carbonyl (C=O) groups excluding carboxylic acids is 3. The Kier molecular flexibility index (Phi) is 5.36. The Morgan fingerprint density at radius 3 is 2.32 bits per heavy atom. The van der Waals surface area contributed by atoms with Crippen LogP contribution in [0.5, 0.6) is 0 Å². The van der Waals surface area contributed by atoms with Gasteiger partial charge in [0.05, 0.1) is 0 Å². The second-order valence-corrected chi connectivity index (χ2v) is 6.79. The minimum Gasteiger partial charge on any atom is -0.355 e. The molecule has 1 N–H and O–H groups in total. The summed E-state index contributed by atoms with van der Waals surface area (Å²) in [6, 6.07) is 10.1. The first-order valence-electron chi connectivity index (χ1n) is 8.92. The fraction of sp³-hybridized carbons (Fsp3) is 0.526. The standard InChI is InChI=1S/C19H25N3O3/c1-14(23)21-9-11-22(12-10-21)18(24)7-8-20-19(25)17-13-16(17)15-5-3-2-4-6-15/h2-6,16-17H,7-13H2,1H3,(H,20,25)/t16-,17+/m0/s1. The van der Waals surface area contributed by atoms with E-state index in [4.69, 9.17) is 0 Å². The zero-order valence-corrected chi connectivity index (χ0v) is 14.6. The highest BCUT2D eigenvalue weighted by Gasteiger charge is 2.43. The highest BCUT2D eigenvalue weighted by Crippen LogP contribution is 2.47. The lowest BCUT2D eigenvalue weighted by Crippen LogP contribution is -2.50. The van der Waals surface area contributed by atoms with Crippen molar-refractivity contribution in [2.75, 3.05) is 32.7 Å². The molecular weight excluding hydrogens is 318 g/mol. The molecule has 2 aliphatic rings. The molecule has 1 aromatic carbocycles. The minimum atomic E-state index is 0.0385. The molecule has 1 aliphatic carbocycles. The Morgan fingerprint density at radius 1 is 1.04 bits per heavy atom. The number of nitrogens with one attached hydrogen (secondary N) is 1. The van der Waals surface area contributed by atoms with E-state index in [0.717, 1.165) is 6.42 Å². The highest BCUT2D eigenvalue weighted by molar-refractivity contribution is 5.84. The van der Waals surface area contributed by atoms with E-state index >= 15 is 0 Å². The summed E-state index contributed by atoms with van der Waals surface area (Å²) in [6.07, 6.45) is 1.20. The molecule has 6 nitrogen and oxygen atoms in total. The third kappa shape index (κ3) is 4.38. The topological polar surface area (TPSA) is 69.7 Å². The second kappa shape index (κ2) is 7.68. The largest absolute Gasteiger partial charge is 0.355 e. The Labute approximate surface area is 148 Å². The van der Waals surface area contributed by atoms with Crippen molar-refractivity contribution in [2.45, 2.75) is 25.7 Å². The van der Waals surface area contributed by atoms with Gasteiger partial charge in [-0.2, -0.15) is 0 Å². The van der Waals surface area contributed by atoms with Gasteiger partial charge in [-0.25, -0.2) is 0 Å². The summed E-state index contributed by atoms with van der Waals surface area (Å²) in [5.74, 6) is 0.492. The number of hydrogen-bond acceptors (Lipinski definition) is 3. The van der Waals surface area contributed by atoms with Gasteiger partial charge in [-0.05, 0) is 17.9 Å². The van der Waals surface area contributed by atoms with Crippen molar-refractivity contribution in [1.29, 1.82) is 0 Å². The molecule has 0 radical (unpaired) electrons. The fourth-order valence-electron chi connectivity index (χ4n) is 3.41. The lowest BCUT2D eigenvalue weighted by atomic mass is 10.1. The van der Waals surface area contributed by atoms with Gasteiger partial charge >= 0.3 is 0 Å². The van der Waals surface area contributed by atoms with E-state index in [1.54, 1.807) is 16.7 Å². The molecule has 0 aromatic heterocycles. The quantitative estimate of drug-likeness (QED) is 0.867. The van der Waals surface area contributed by atoms with E-state index in [9.17, 15) is 14.4 Å². The third-order valence-corrected chi connectivity index (χ3v) is 5.07. The van der Waals surface area contributed by atoms with Crippen molar-refractivity contribution in [3.63, 3.8) is 0 Å². The van der Waals surface area contributed by atoms with Crippen molar-refractivity contribution in [3.05, 3.63) is 35.9 Å². The number of hydrogen-bond donors (Lipinski definition) is 1. The average Bonchev–Trinajstić information content (AvgIpc) is 3.43. The van der Waals surface area contributed by atoms with Gasteiger partial charge in [0, 0.05) is 52.0 Å². The number of benzene rings is 1. The summed E-state index contributed by atoms with van der Waals surface area (Å²) in [4.78, 5) is 39.2. The third-order valence-electron chi connectivity index (χ3n) is 5.07. The Bertz CT molecular complexity index is 639. The van der Waals surface area contributed by atoms with Gasteiger partial charge in [0.2, 0.25) is 17.7 Å². The SMILES string of the molecule is CC(=O)N1CCN(C(=O)CCNC(=O)[C@@H]2C[C@H]2c2ccccc2)CC1. The van der Waals surface area contributed by atoms with Crippen molar-refractivity contribution < 1.29 is 14.4 Å². The van der Waals surface area contributed by atoms with Gasteiger partial charge in [0.25, 0.3) is 0 Å². The van der Waals surface area contributed by atoms with Gasteiger partial charge in [0.15, 0.2) is 0 Å². The number of piperazine rings is 1. The maximum Gasteiger partial charge on any atom is 0.224 e. The molecule has 1 aromatic rings. The van der Waals surface area contributed by atoms with Gasteiger partial charge in [-0.15, -0.1) is 0 Å².